The van der Waals surface area contributed by atoms with Crippen molar-refractivity contribution in [1.82, 2.24) is 10.4 Å². The number of carboxylic acid groups (broad SMARTS) is 1. The van der Waals surface area contributed by atoms with E-state index in [0.29, 0.717) is 5.56 Å². The van der Waals surface area contributed by atoms with Crippen molar-refractivity contribution in [2.45, 2.75) is 13.8 Å². The number of rotatable bonds is 5. The molecule has 2 aromatic carbocycles. The fourth-order valence-electron chi connectivity index (χ4n) is 2.11. The Bertz CT molecular complexity index is 678. The first-order chi connectivity index (χ1) is 10.0. The highest BCUT2D eigenvalue weighted by Gasteiger charge is 2.10. The van der Waals surface area contributed by atoms with Gasteiger partial charge in [-0.05, 0) is 35.0 Å². The van der Waals surface area contributed by atoms with Crippen molar-refractivity contribution in [2.24, 2.45) is 0 Å². The van der Waals surface area contributed by atoms with Gasteiger partial charge in [0, 0.05) is 18.7 Å². The van der Waals surface area contributed by atoms with Gasteiger partial charge in [0.15, 0.2) is 0 Å². The molecule has 0 aliphatic carbocycles. The molecule has 0 radical (unpaired) electrons. The van der Waals surface area contributed by atoms with Gasteiger partial charge in [-0.2, -0.15) is 0 Å². The summed E-state index contributed by atoms with van der Waals surface area (Å²) in [6.45, 7) is 5.41. The van der Waals surface area contributed by atoms with E-state index < -0.39 is 5.97 Å². The number of carboxylic acids is 1. The molecule has 0 atom stereocenters. The van der Waals surface area contributed by atoms with Gasteiger partial charge in [-0.25, -0.2) is 9.80 Å². The van der Waals surface area contributed by atoms with Crippen LogP contribution in [0.3, 0.4) is 0 Å². The lowest BCUT2D eigenvalue weighted by molar-refractivity contribution is 0.0696. The van der Waals surface area contributed by atoms with Crippen LogP contribution in [0.5, 0.6) is 0 Å². The highest BCUT2D eigenvalue weighted by atomic mass is 16.4. The first-order valence-electron chi connectivity index (χ1n) is 6.88. The molecule has 5 nitrogen and oxygen atoms in total. The van der Waals surface area contributed by atoms with E-state index in [4.69, 9.17) is 5.11 Å². The summed E-state index contributed by atoms with van der Waals surface area (Å²) in [4.78, 5) is 23.1. The number of aromatic carboxylic acids is 1. The Morgan fingerprint density at radius 1 is 1.00 bits per heavy atom. The second-order valence-corrected chi connectivity index (χ2v) is 4.70. The predicted octanol–water partition coefficient (Wildman–Crippen LogP) is 2.52. The fraction of sp³-hybridized carbons (Fsp3) is 0.250. The molecule has 2 rings (SSSR count). The molecule has 1 amide bonds. The Balaban J connectivity index is 2.28. The second kappa shape index (κ2) is 6.37. The van der Waals surface area contributed by atoms with Gasteiger partial charge in [-0.1, -0.05) is 26.0 Å². The molecular formula is C16H18N2O3. The molecule has 0 unspecified atom stereocenters. The van der Waals surface area contributed by atoms with Crippen molar-refractivity contribution < 1.29 is 14.7 Å². The van der Waals surface area contributed by atoms with Crippen LogP contribution in [0.15, 0.2) is 36.4 Å². The lowest BCUT2D eigenvalue weighted by Gasteiger charge is -2.19. The molecule has 0 aliphatic rings. The van der Waals surface area contributed by atoms with Gasteiger partial charge in [-0.15, -0.1) is 0 Å². The number of carbonyl (C=O) groups excluding carboxylic acids is 1. The summed E-state index contributed by atoms with van der Waals surface area (Å²) in [5.41, 5.74) is 3.62. The summed E-state index contributed by atoms with van der Waals surface area (Å²) in [6, 6.07) is 10.1. The lowest BCUT2D eigenvalue weighted by Crippen LogP contribution is -2.41. The Morgan fingerprint density at radius 2 is 1.52 bits per heavy atom. The molecule has 0 saturated carbocycles. The Morgan fingerprint density at radius 3 is 2.05 bits per heavy atom. The molecule has 0 aliphatic heterocycles. The van der Waals surface area contributed by atoms with Gasteiger partial charge in [0.2, 0.25) is 0 Å². The maximum Gasteiger partial charge on any atom is 0.335 e. The van der Waals surface area contributed by atoms with Crippen molar-refractivity contribution in [3.05, 3.63) is 47.5 Å². The Kier molecular flexibility index (Phi) is 4.55. The normalized spacial score (nSPS) is 10.8. The minimum atomic E-state index is -0.958. The highest BCUT2D eigenvalue weighted by Crippen LogP contribution is 2.18. The molecular weight excluding hydrogens is 268 g/mol. The number of benzene rings is 2. The average Bonchev–Trinajstić information content (AvgIpc) is 2.51. The van der Waals surface area contributed by atoms with Crippen molar-refractivity contribution in [3.8, 4) is 0 Å². The van der Waals surface area contributed by atoms with E-state index in [2.05, 4.69) is 5.43 Å². The van der Waals surface area contributed by atoms with E-state index in [1.54, 1.807) is 30.3 Å². The zero-order valence-corrected chi connectivity index (χ0v) is 12.1. The number of hydrogen-bond donors (Lipinski definition) is 2. The van der Waals surface area contributed by atoms with Crippen LogP contribution in [0.1, 0.15) is 34.6 Å². The summed E-state index contributed by atoms with van der Waals surface area (Å²) < 4.78 is 0. The SMILES string of the molecule is CCN(CC)NC(=O)c1ccc2cc(C(=O)O)ccc2c1. The van der Waals surface area contributed by atoms with Crippen LogP contribution in [0.25, 0.3) is 10.8 Å². The van der Waals surface area contributed by atoms with E-state index in [9.17, 15) is 9.59 Å². The Labute approximate surface area is 123 Å². The van der Waals surface area contributed by atoms with Crippen molar-refractivity contribution in [3.63, 3.8) is 0 Å². The summed E-state index contributed by atoms with van der Waals surface area (Å²) >= 11 is 0. The van der Waals surface area contributed by atoms with E-state index in [1.165, 1.54) is 6.07 Å². The van der Waals surface area contributed by atoms with E-state index >= 15 is 0 Å². The minimum Gasteiger partial charge on any atom is -0.478 e. The van der Waals surface area contributed by atoms with E-state index in [1.807, 2.05) is 18.9 Å². The zero-order chi connectivity index (χ0) is 15.4. The van der Waals surface area contributed by atoms with Crippen molar-refractivity contribution in [2.75, 3.05) is 13.1 Å². The topological polar surface area (TPSA) is 69.6 Å². The van der Waals surface area contributed by atoms with E-state index in [-0.39, 0.29) is 11.5 Å². The van der Waals surface area contributed by atoms with Crippen LogP contribution in [0.4, 0.5) is 0 Å². The number of hydrogen-bond acceptors (Lipinski definition) is 3. The number of nitrogens with zero attached hydrogens (tertiary/aromatic N) is 1. The first kappa shape index (κ1) is 15.0. The molecule has 0 heterocycles. The van der Waals surface area contributed by atoms with Crippen LogP contribution in [-0.4, -0.2) is 35.1 Å². The molecule has 0 saturated heterocycles. The smallest absolute Gasteiger partial charge is 0.335 e. The molecule has 0 aromatic heterocycles. The maximum absolute atomic E-state index is 12.1. The Hall–Kier alpha value is -2.40. The third-order valence-electron chi connectivity index (χ3n) is 3.37. The average molecular weight is 286 g/mol. The molecule has 2 aromatic rings. The van der Waals surface area contributed by atoms with Gasteiger partial charge in [0.1, 0.15) is 0 Å². The monoisotopic (exact) mass is 286 g/mol. The van der Waals surface area contributed by atoms with Gasteiger partial charge >= 0.3 is 5.97 Å². The lowest BCUT2D eigenvalue weighted by atomic mass is 10.0. The highest BCUT2D eigenvalue weighted by molar-refractivity contribution is 6.00. The molecule has 0 spiro atoms. The number of carbonyl (C=O) groups is 2. The molecule has 0 fully saturated rings. The van der Waals surface area contributed by atoms with Gasteiger partial charge in [-0.3, -0.25) is 10.2 Å². The largest absolute Gasteiger partial charge is 0.478 e. The van der Waals surface area contributed by atoms with Crippen LogP contribution >= 0.6 is 0 Å². The van der Waals surface area contributed by atoms with E-state index in [0.717, 1.165) is 23.9 Å². The second-order valence-electron chi connectivity index (χ2n) is 4.70. The van der Waals surface area contributed by atoms with Crippen LogP contribution in [-0.2, 0) is 0 Å². The summed E-state index contributed by atoms with van der Waals surface area (Å²) in [5, 5.41) is 12.4. The zero-order valence-electron chi connectivity index (χ0n) is 12.1. The molecule has 21 heavy (non-hydrogen) atoms. The summed E-state index contributed by atoms with van der Waals surface area (Å²) in [7, 11) is 0. The van der Waals surface area contributed by atoms with Crippen LogP contribution < -0.4 is 5.43 Å². The quantitative estimate of drug-likeness (QED) is 0.829. The fourth-order valence-corrected chi connectivity index (χ4v) is 2.11. The molecule has 5 heteroatoms. The standard InChI is InChI=1S/C16H18N2O3/c1-3-18(4-2)17-15(19)13-7-5-12-10-14(16(20)21)8-6-11(12)9-13/h5-10H,3-4H2,1-2H3,(H,17,19)(H,20,21). The molecule has 0 bridgehead atoms. The number of fused-ring (bicyclic) bond motifs is 1. The summed E-state index contributed by atoms with van der Waals surface area (Å²) in [5.74, 6) is -1.12. The summed E-state index contributed by atoms with van der Waals surface area (Å²) in [6.07, 6.45) is 0. The number of nitrogens with one attached hydrogen (secondary N) is 1. The third-order valence-corrected chi connectivity index (χ3v) is 3.37. The van der Waals surface area contributed by atoms with Crippen LogP contribution in [0.2, 0.25) is 0 Å². The maximum atomic E-state index is 12.1. The molecule has 110 valence electrons. The number of hydrazine groups is 1. The molecule has 2 N–H and O–H groups in total. The van der Waals surface area contributed by atoms with Crippen molar-refractivity contribution >= 4 is 22.6 Å². The minimum absolute atomic E-state index is 0.164. The van der Waals surface area contributed by atoms with Crippen molar-refractivity contribution in [1.29, 1.82) is 0 Å². The van der Waals surface area contributed by atoms with Gasteiger partial charge in [0.25, 0.3) is 5.91 Å². The van der Waals surface area contributed by atoms with Gasteiger partial charge in [0.05, 0.1) is 5.56 Å². The number of amides is 1. The third kappa shape index (κ3) is 3.38. The predicted molar refractivity (Wildman–Crippen MR) is 81.3 cm³/mol. The van der Waals surface area contributed by atoms with Crippen LogP contribution in [0, 0.1) is 0 Å². The van der Waals surface area contributed by atoms with Gasteiger partial charge < -0.3 is 5.11 Å². The first-order valence-corrected chi connectivity index (χ1v) is 6.88.